The first kappa shape index (κ1) is 15.5. The van der Waals surface area contributed by atoms with Crippen LogP contribution in [0.4, 0.5) is 0 Å². The maximum absolute atomic E-state index is 11.8. The number of hydrogen-bond acceptors (Lipinski definition) is 3. The molecule has 3 rings (SSSR count). The minimum absolute atomic E-state index is 0.199. The number of benzene rings is 1. The Morgan fingerprint density at radius 1 is 1.05 bits per heavy atom. The quantitative estimate of drug-likeness (QED) is 0.899. The SMILES string of the molecule is Cc1cc(C)cc(CN2CCN(CC(=O)NC3CC3)CC2)c1. The van der Waals surface area contributed by atoms with Gasteiger partial charge >= 0.3 is 0 Å². The summed E-state index contributed by atoms with van der Waals surface area (Å²) in [5.74, 6) is 0.199. The molecular weight excluding hydrogens is 274 g/mol. The number of rotatable bonds is 5. The predicted octanol–water partition coefficient (Wildman–Crippen LogP) is 1.70. The summed E-state index contributed by atoms with van der Waals surface area (Å²) >= 11 is 0. The van der Waals surface area contributed by atoms with Crippen molar-refractivity contribution in [2.75, 3.05) is 32.7 Å². The lowest BCUT2D eigenvalue weighted by atomic mass is 10.1. The summed E-state index contributed by atoms with van der Waals surface area (Å²) in [6.45, 7) is 9.97. The summed E-state index contributed by atoms with van der Waals surface area (Å²) in [5, 5.41) is 3.07. The Labute approximate surface area is 133 Å². The van der Waals surface area contributed by atoms with Gasteiger partial charge in [-0.15, -0.1) is 0 Å². The van der Waals surface area contributed by atoms with Crippen LogP contribution in [0.1, 0.15) is 29.5 Å². The molecule has 0 unspecified atom stereocenters. The predicted molar refractivity (Wildman–Crippen MR) is 88.8 cm³/mol. The second-order valence-electron chi connectivity index (χ2n) is 6.89. The molecule has 1 saturated carbocycles. The molecule has 1 aromatic rings. The lowest BCUT2D eigenvalue weighted by molar-refractivity contribution is -0.122. The van der Waals surface area contributed by atoms with Crippen LogP contribution in [0.5, 0.6) is 0 Å². The van der Waals surface area contributed by atoms with E-state index in [-0.39, 0.29) is 5.91 Å². The zero-order valence-corrected chi connectivity index (χ0v) is 13.8. The van der Waals surface area contributed by atoms with Crippen LogP contribution in [0.15, 0.2) is 18.2 Å². The molecule has 0 radical (unpaired) electrons. The van der Waals surface area contributed by atoms with E-state index in [0.717, 1.165) is 45.6 Å². The highest BCUT2D eigenvalue weighted by Crippen LogP contribution is 2.18. The van der Waals surface area contributed by atoms with Crippen LogP contribution < -0.4 is 5.32 Å². The fourth-order valence-electron chi connectivity index (χ4n) is 3.23. The number of aryl methyl sites for hydroxylation is 2. The zero-order valence-electron chi connectivity index (χ0n) is 13.8. The maximum atomic E-state index is 11.8. The van der Waals surface area contributed by atoms with Crippen LogP contribution in [0.3, 0.4) is 0 Å². The molecular formula is C18H27N3O. The Bertz CT molecular complexity index is 511. The molecule has 0 atom stereocenters. The van der Waals surface area contributed by atoms with Crippen molar-refractivity contribution in [2.24, 2.45) is 0 Å². The first-order chi connectivity index (χ1) is 10.6. The third-order valence-corrected chi connectivity index (χ3v) is 4.46. The molecule has 22 heavy (non-hydrogen) atoms. The number of nitrogens with one attached hydrogen (secondary N) is 1. The van der Waals surface area contributed by atoms with Crippen LogP contribution >= 0.6 is 0 Å². The molecule has 1 N–H and O–H groups in total. The average Bonchev–Trinajstić information content (AvgIpc) is 3.23. The van der Waals surface area contributed by atoms with Gasteiger partial charge in [0.1, 0.15) is 0 Å². The van der Waals surface area contributed by atoms with Gasteiger partial charge in [-0.1, -0.05) is 29.3 Å². The molecule has 0 spiro atoms. The maximum Gasteiger partial charge on any atom is 0.234 e. The van der Waals surface area contributed by atoms with Crippen LogP contribution in [0, 0.1) is 13.8 Å². The van der Waals surface area contributed by atoms with Crippen LogP contribution in [-0.2, 0) is 11.3 Å². The second kappa shape index (κ2) is 6.80. The summed E-state index contributed by atoms with van der Waals surface area (Å²) < 4.78 is 0. The molecule has 120 valence electrons. The number of amides is 1. The Balaban J connectivity index is 1.43. The molecule has 1 amide bonds. The van der Waals surface area contributed by atoms with Crippen molar-refractivity contribution in [3.8, 4) is 0 Å². The summed E-state index contributed by atoms with van der Waals surface area (Å²) in [4.78, 5) is 16.6. The lowest BCUT2D eigenvalue weighted by Crippen LogP contribution is -2.49. The third kappa shape index (κ3) is 4.55. The van der Waals surface area contributed by atoms with Gasteiger partial charge < -0.3 is 5.32 Å². The van der Waals surface area contributed by atoms with E-state index in [0.29, 0.717) is 12.6 Å². The molecule has 1 saturated heterocycles. The Hall–Kier alpha value is -1.39. The van der Waals surface area contributed by atoms with Gasteiger partial charge in [0, 0.05) is 38.8 Å². The molecule has 0 aromatic heterocycles. The topological polar surface area (TPSA) is 35.6 Å². The van der Waals surface area contributed by atoms with Gasteiger partial charge in [-0.3, -0.25) is 14.6 Å². The Morgan fingerprint density at radius 3 is 2.23 bits per heavy atom. The largest absolute Gasteiger partial charge is 0.352 e. The molecule has 2 fully saturated rings. The van der Waals surface area contributed by atoms with Gasteiger partial charge in [0.25, 0.3) is 0 Å². The van der Waals surface area contributed by atoms with Crippen molar-refractivity contribution >= 4 is 5.91 Å². The van der Waals surface area contributed by atoms with Gasteiger partial charge in [-0.25, -0.2) is 0 Å². The summed E-state index contributed by atoms with van der Waals surface area (Å²) in [7, 11) is 0. The monoisotopic (exact) mass is 301 g/mol. The van der Waals surface area contributed by atoms with E-state index in [1.807, 2.05) is 0 Å². The van der Waals surface area contributed by atoms with Gasteiger partial charge in [0.05, 0.1) is 6.54 Å². The highest BCUT2D eigenvalue weighted by molar-refractivity contribution is 5.78. The average molecular weight is 301 g/mol. The fraction of sp³-hybridized carbons (Fsp3) is 0.611. The third-order valence-electron chi connectivity index (χ3n) is 4.46. The van der Waals surface area contributed by atoms with Crippen LogP contribution in [0.2, 0.25) is 0 Å². The smallest absolute Gasteiger partial charge is 0.234 e. The highest BCUT2D eigenvalue weighted by atomic mass is 16.2. The summed E-state index contributed by atoms with van der Waals surface area (Å²) in [6.07, 6.45) is 2.32. The molecule has 4 heteroatoms. The normalized spacial score (nSPS) is 20.1. The van der Waals surface area contributed by atoms with Crippen molar-refractivity contribution in [3.05, 3.63) is 34.9 Å². The first-order valence-electron chi connectivity index (χ1n) is 8.40. The van der Waals surface area contributed by atoms with Crippen molar-refractivity contribution in [1.29, 1.82) is 0 Å². The van der Waals surface area contributed by atoms with Crippen molar-refractivity contribution in [3.63, 3.8) is 0 Å². The number of carbonyl (C=O) groups excluding carboxylic acids is 1. The van der Waals surface area contributed by atoms with E-state index in [1.54, 1.807) is 0 Å². The molecule has 1 heterocycles. The Kier molecular flexibility index (Phi) is 4.79. The molecule has 2 aliphatic rings. The van der Waals surface area contributed by atoms with Gasteiger partial charge in [0.15, 0.2) is 0 Å². The first-order valence-corrected chi connectivity index (χ1v) is 8.40. The number of piperazine rings is 1. The van der Waals surface area contributed by atoms with E-state index in [1.165, 1.54) is 16.7 Å². The minimum atomic E-state index is 0.199. The molecule has 4 nitrogen and oxygen atoms in total. The van der Waals surface area contributed by atoms with E-state index in [9.17, 15) is 4.79 Å². The van der Waals surface area contributed by atoms with E-state index < -0.39 is 0 Å². The lowest BCUT2D eigenvalue weighted by Gasteiger charge is -2.34. The summed E-state index contributed by atoms with van der Waals surface area (Å²) in [5.41, 5.74) is 4.08. The minimum Gasteiger partial charge on any atom is -0.352 e. The Morgan fingerprint density at radius 2 is 1.64 bits per heavy atom. The van der Waals surface area contributed by atoms with E-state index in [2.05, 4.69) is 47.2 Å². The molecule has 1 aliphatic heterocycles. The van der Waals surface area contributed by atoms with Gasteiger partial charge in [-0.2, -0.15) is 0 Å². The van der Waals surface area contributed by atoms with Crippen molar-refractivity contribution in [1.82, 2.24) is 15.1 Å². The molecule has 1 aliphatic carbocycles. The number of hydrogen-bond donors (Lipinski definition) is 1. The second-order valence-corrected chi connectivity index (χ2v) is 6.89. The van der Waals surface area contributed by atoms with Gasteiger partial charge in [0.2, 0.25) is 5.91 Å². The zero-order chi connectivity index (χ0) is 15.5. The highest BCUT2D eigenvalue weighted by Gasteiger charge is 2.25. The van der Waals surface area contributed by atoms with Crippen LogP contribution in [-0.4, -0.2) is 54.5 Å². The van der Waals surface area contributed by atoms with E-state index >= 15 is 0 Å². The number of carbonyl (C=O) groups is 1. The van der Waals surface area contributed by atoms with Crippen LogP contribution in [0.25, 0.3) is 0 Å². The standard InChI is InChI=1S/C18H27N3O/c1-14-9-15(2)11-16(10-14)12-20-5-7-21(8-6-20)13-18(22)19-17-3-4-17/h9-11,17H,3-8,12-13H2,1-2H3,(H,19,22). The van der Waals surface area contributed by atoms with Gasteiger partial charge in [-0.05, 0) is 32.3 Å². The van der Waals surface area contributed by atoms with Crippen molar-refractivity contribution < 1.29 is 4.79 Å². The molecule has 1 aromatic carbocycles. The fourth-order valence-corrected chi connectivity index (χ4v) is 3.23. The number of nitrogens with zero attached hydrogens (tertiary/aromatic N) is 2. The summed E-state index contributed by atoms with van der Waals surface area (Å²) in [6, 6.07) is 7.25. The molecule has 0 bridgehead atoms. The van der Waals surface area contributed by atoms with Crippen molar-refractivity contribution in [2.45, 2.75) is 39.3 Å². The van der Waals surface area contributed by atoms with E-state index in [4.69, 9.17) is 0 Å².